The molecule has 1 aliphatic carbocycles. The molecule has 6 atom stereocenters. The molecule has 2 fully saturated rings. The van der Waals surface area contributed by atoms with Gasteiger partial charge < -0.3 is 19.7 Å². The van der Waals surface area contributed by atoms with Gasteiger partial charge in [-0.15, -0.1) is 0 Å². The monoisotopic (exact) mass is 289 g/mol. The molecular weight excluding hydrogens is 270 g/mol. The Hall–Kier alpha value is -1.30. The summed E-state index contributed by atoms with van der Waals surface area (Å²) in [5.41, 5.74) is 2.67. The van der Waals surface area contributed by atoms with Crippen LogP contribution in [0.4, 0.5) is 0 Å². The van der Waals surface area contributed by atoms with Crippen molar-refractivity contribution in [2.45, 2.75) is 43.6 Å². The minimum absolute atomic E-state index is 0.309. The lowest BCUT2D eigenvalue weighted by Crippen LogP contribution is -2.44. The molecule has 2 unspecified atom stereocenters. The van der Waals surface area contributed by atoms with Crippen molar-refractivity contribution in [2.24, 2.45) is 5.92 Å². The van der Waals surface area contributed by atoms with Gasteiger partial charge >= 0.3 is 0 Å². The van der Waals surface area contributed by atoms with E-state index in [4.69, 9.17) is 9.47 Å². The second-order valence-corrected chi connectivity index (χ2v) is 6.78. The van der Waals surface area contributed by atoms with Crippen molar-refractivity contribution in [3.63, 3.8) is 0 Å². The van der Waals surface area contributed by atoms with Crippen LogP contribution in [-0.2, 0) is 6.54 Å². The van der Waals surface area contributed by atoms with Gasteiger partial charge in [0.15, 0.2) is 11.5 Å². The van der Waals surface area contributed by atoms with Crippen molar-refractivity contribution in [3.05, 3.63) is 23.3 Å². The smallest absolute Gasteiger partial charge is 0.231 e. The van der Waals surface area contributed by atoms with Crippen LogP contribution in [-0.4, -0.2) is 46.7 Å². The number of benzene rings is 1. The van der Waals surface area contributed by atoms with Gasteiger partial charge in [0, 0.05) is 25.0 Å². The first-order valence-electron chi connectivity index (χ1n) is 7.73. The van der Waals surface area contributed by atoms with E-state index >= 15 is 0 Å². The first kappa shape index (κ1) is 12.3. The minimum atomic E-state index is -0.579. The highest BCUT2D eigenvalue weighted by Crippen LogP contribution is 2.51. The van der Waals surface area contributed by atoms with Gasteiger partial charge in [-0.2, -0.15) is 0 Å². The largest absolute Gasteiger partial charge is 0.454 e. The molecule has 0 amide bonds. The normalized spacial score (nSPS) is 42.6. The Labute approximate surface area is 123 Å². The second kappa shape index (κ2) is 4.12. The molecule has 2 N–H and O–H groups in total. The van der Waals surface area contributed by atoms with Gasteiger partial charge in [0.1, 0.15) is 0 Å². The summed E-state index contributed by atoms with van der Waals surface area (Å²) < 4.78 is 11.0. The zero-order valence-electron chi connectivity index (χ0n) is 11.7. The molecule has 4 aliphatic rings. The van der Waals surface area contributed by atoms with Gasteiger partial charge in [-0.05, 0) is 42.0 Å². The van der Waals surface area contributed by atoms with Crippen LogP contribution in [0.2, 0.25) is 0 Å². The third-order valence-electron chi connectivity index (χ3n) is 5.76. The van der Waals surface area contributed by atoms with Gasteiger partial charge in [-0.3, -0.25) is 4.90 Å². The Balaban J connectivity index is 1.57. The van der Waals surface area contributed by atoms with Crippen molar-refractivity contribution in [3.8, 4) is 11.5 Å². The number of aliphatic hydroxyl groups excluding tert-OH is 2. The van der Waals surface area contributed by atoms with Gasteiger partial charge in [-0.25, -0.2) is 0 Å². The summed E-state index contributed by atoms with van der Waals surface area (Å²) in [5, 5.41) is 20.0. The van der Waals surface area contributed by atoms with Crippen LogP contribution in [0.3, 0.4) is 0 Å². The Morgan fingerprint density at radius 1 is 1.05 bits per heavy atom. The van der Waals surface area contributed by atoms with Crippen LogP contribution >= 0.6 is 0 Å². The fraction of sp³-hybridized carbons (Fsp3) is 0.625. The molecule has 112 valence electrons. The summed E-state index contributed by atoms with van der Waals surface area (Å²) in [6, 6.07) is 4.64. The maximum absolute atomic E-state index is 10.0. The summed E-state index contributed by atoms with van der Waals surface area (Å²) in [5.74, 6) is 2.57. The van der Waals surface area contributed by atoms with Crippen molar-refractivity contribution in [2.75, 3.05) is 13.3 Å². The first-order chi connectivity index (χ1) is 10.2. The SMILES string of the molecule is O[C@H]1CC2[C@H]3CN(Cc4cc5c(cc43)OCO5)[C@H]2C[C@@H]1O. The molecule has 0 spiro atoms. The van der Waals surface area contributed by atoms with E-state index in [1.54, 1.807) is 0 Å². The van der Waals surface area contributed by atoms with Crippen LogP contribution in [0.5, 0.6) is 11.5 Å². The molecule has 1 saturated carbocycles. The number of rotatable bonds is 0. The third kappa shape index (κ3) is 1.62. The van der Waals surface area contributed by atoms with Crippen LogP contribution < -0.4 is 9.47 Å². The van der Waals surface area contributed by atoms with E-state index in [-0.39, 0.29) is 0 Å². The Bertz CT molecular complexity index is 604. The topological polar surface area (TPSA) is 62.2 Å². The average molecular weight is 289 g/mol. The second-order valence-electron chi connectivity index (χ2n) is 6.78. The summed E-state index contributed by atoms with van der Waals surface area (Å²) >= 11 is 0. The number of fused-ring (bicyclic) bond motifs is 8. The molecule has 0 radical (unpaired) electrons. The van der Waals surface area contributed by atoms with Crippen molar-refractivity contribution >= 4 is 0 Å². The standard InChI is InChI=1S/C16H19NO4/c18-13-2-10-11-6-17(12(10)4-14(13)19)5-8-1-15-16(3-9(8)11)21-7-20-15/h1,3,10-14,18-19H,2,4-7H2/t10?,11-,12-,13-,14-/m0/s1. The Morgan fingerprint density at radius 3 is 2.67 bits per heavy atom. The van der Waals surface area contributed by atoms with Crippen LogP contribution in [0.1, 0.15) is 29.9 Å². The van der Waals surface area contributed by atoms with E-state index in [0.717, 1.165) is 24.6 Å². The Morgan fingerprint density at radius 2 is 1.81 bits per heavy atom. The Kier molecular flexibility index (Phi) is 2.41. The number of ether oxygens (including phenoxy) is 2. The quantitative estimate of drug-likeness (QED) is 0.741. The summed E-state index contributed by atoms with van der Waals surface area (Å²) in [6.45, 7) is 2.25. The molecule has 5 rings (SSSR count). The minimum Gasteiger partial charge on any atom is -0.454 e. The lowest BCUT2D eigenvalue weighted by atomic mass is 9.75. The molecule has 3 heterocycles. The number of hydrogen-bond acceptors (Lipinski definition) is 5. The van der Waals surface area contributed by atoms with E-state index in [2.05, 4.69) is 17.0 Å². The molecule has 1 saturated heterocycles. The van der Waals surface area contributed by atoms with Crippen molar-refractivity contribution < 1.29 is 19.7 Å². The van der Waals surface area contributed by atoms with Crippen molar-refractivity contribution in [1.82, 2.24) is 4.90 Å². The molecule has 2 bridgehead atoms. The number of aliphatic hydroxyl groups is 2. The van der Waals surface area contributed by atoms with Crippen LogP contribution in [0, 0.1) is 5.92 Å². The van der Waals surface area contributed by atoms with Gasteiger partial charge in [0.05, 0.1) is 12.2 Å². The maximum atomic E-state index is 10.0. The zero-order chi connectivity index (χ0) is 14.1. The van der Waals surface area contributed by atoms with Gasteiger partial charge in [-0.1, -0.05) is 0 Å². The molecule has 0 aromatic heterocycles. The highest BCUT2D eigenvalue weighted by Gasteiger charge is 2.50. The molecule has 5 nitrogen and oxygen atoms in total. The lowest BCUT2D eigenvalue weighted by Gasteiger charge is -2.36. The van der Waals surface area contributed by atoms with E-state index in [9.17, 15) is 10.2 Å². The summed E-state index contributed by atoms with van der Waals surface area (Å²) in [4.78, 5) is 2.47. The first-order valence-corrected chi connectivity index (χ1v) is 7.73. The lowest BCUT2D eigenvalue weighted by molar-refractivity contribution is -0.0449. The highest BCUT2D eigenvalue weighted by molar-refractivity contribution is 5.51. The molecule has 5 heteroatoms. The predicted molar refractivity (Wildman–Crippen MR) is 74.2 cm³/mol. The summed E-state index contributed by atoms with van der Waals surface area (Å²) in [6.07, 6.45) is 0.221. The van der Waals surface area contributed by atoms with Gasteiger partial charge in [0.2, 0.25) is 6.79 Å². The fourth-order valence-electron chi connectivity index (χ4n) is 4.76. The maximum Gasteiger partial charge on any atom is 0.231 e. The molecular formula is C16H19NO4. The average Bonchev–Trinajstić information content (AvgIpc) is 3.03. The van der Waals surface area contributed by atoms with Crippen LogP contribution in [0.15, 0.2) is 12.1 Å². The number of nitrogens with zero attached hydrogens (tertiary/aromatic N) is 1. The van der Waals surface area contributed by atoms with E-state index < -0.39 is 12.2 Å². The van der Waals surface area contributed by atoms with E-state index in [1.165, 1.54) is 11.1 Å². The molecule has 3 aliphatic heterocycles. The third-order valence-corrected chi connectivity index (χ3v) is 5.76. The summed E-state index contributed by atoms with van der Waals surface area (Å²) in [7, 11) is 0. The molecule has 1 aromatic rings. The van der Waals surface area contributed by atoms with E-state index in [1.807, 2.05) is 0 Å². The molecule has 21 heavy (non-hydrogen) atoms. The molecule has 1 aromatic carbocycles. The number of hydrogen-bond donors (Lipinski definition) is 2. The van der Waals surface area contributed by atoms with Gasteiger partial charge in [0.25, 0.3) is 0 Å². The van der Waals surface area contributed by atoms with Crippen molar-refractivity contribution in [1.29, 1.82) is 0 Å². The highest BCUT2D eigenvalue weighted by atomic mass is 16.7. The fourth-order valence-corrected chi connectivity index (χ4v) is 4.76. The van der Waals surface area contributed by atoms with E-state index in [0.29, 0.717) is 37.5 Å². The van der Waals surface area contributed by atoms with Crippen LogP contribution in [0.25, 0.3) is 0 Å². The zero-order valence-corrected chi connectivity index (χ0v) is 11.7. The predicted octanol–water partition coefficient (Wildman–Crippen LogP) is 0.829.